The summed E-state index contributed by atoms with van der Waals surface area (Å²) >= 11 is 0. The van der Waals surface area contributed by atoms with E-state index in [1.807, 2.05) is 24.3 Å². The number of fused-ring (bicyclic) bond motifs is 1. The molecule has 1 heterocycles. The minimum Gasteiger partial charge on any atom is -0.408 e. The van der Waals surface area contributed by atoms with Gasteiger partial charge < -0.3 is 9.73 Å². The standard InChI is InChI=1S/C20H20N2O3/c1-14(22-16-9-5-6-10-17(16)25-19(22)24)18(23)21-13-20(11-12-20)15-7-3-2-4-8-15/h2-10,14H,11-13H2,1H3,(H,21,23). The smallest absolute Gasteiger partial charge is 0.408 e. The zero-order valence-corrected chi connectivity index (χ0v) is 14.1. The molecule has 1 atom stereocenters. The van der Waals surface area contributed by atoms with Gasteiger partial charge in [0.25, 0.3) is 0 Å². The Bertz CT molecular complexity index is 967. The molecule has 5 nitrogen and oxygen atoms in total. The van der Waals surface area contributed by atoms with E-state index in [1.165, 1.54) is 10.1 Å². The second kappa shape index (κ2) is 5.92. The third kappa shape index (κ3) is 2.76. The van der Waals surface area contributed by atoms with E-state index in [4.69, 9.17) is 4.42 Å². The number of hydrogen-bond acceptors (Lipinski definition) is 3. The first-order valence-electron chi connectivity index (χ1n) is 8.54. The summed E-state index contributed by atoms with van der Waals surface area (Å²) in [5.74, 6) is -0.677. The Morgan fingerprint density at radius 3 is 2.56 bits per heavy atom. The average molecular weight is 336 g/mol. The Balaban J connectivity index is 1.52. The van der Waals surface area contributed by atoms with Crippen molar-refractivity contribution in [3.63, 3.8) is 0 Å². The van der Waals surface area contributed by atoms with Crippen molar-refractivity contribution in [1.29, 1.82) is 0 Å². The molecule has 0 radical (unpaired) electrons. The van der Waals surface area contributed by atoms with Gasteiger partial charge in [-0.2, -0.15) is 0 Å². The number of amides is 1. The molecule has 1 aliphatic rings. The van der Waals surface area contributed by atoms with Crippen LogP contribution in [0.15, 0.2) is 63.8 Å². The van der Waals surface area contributed by atoms with Crippen LogP contribution in [0.5, 0.6) is 0 Å². The number of aromatic nitrogens is 1. The van der Waals surface area contributed by atoms with Gasteiger partial charge in [-0.3, -0.25) is 9.36 Å². The van der Waals surface area contributed by atoms with E-state index >= 15 is 0 Å². The Morgan fingerprint density at radius 2 is 1.84 bits per heavy atom. The SMILES string of the molecule is CC(C(=O)NCC1(c2ccccc2)CC1)n1c(=O)oc2ccccc21. The Hall–Kier alpha value is -2.82. The van der Waals surface area contributed by atoms with Crippen LogP contribution in [0.4, 0.5) is 0 Å². The number of benzene rings is 2. The lowest BCUT2D eigenvalue weighted by Crippen LogP contribution is -2.38. The number of nitrogens with zero attached hydrogens (tertiary/aromatic N) is 1. The molecule has 1 amide bonds. The average Bonchev–Trinajstić information content (AvgIpc) is 3.36. The lowest BCUT2D eigenvalue weighted by Gasteiger charge is -2.19. The van der Waals surface area contributed by atoms with Gasteiger partial charge in [-0.1, -0.05) is 42.5 Å². The number of para-hydroxylation sites is 2. The Labute approximate surface area is 145 Å². The number of carbonyl (C=O) groups excluding carboxylic acids is 1. The first-order chi connectivity index (χ1) is 12.1. The zero-order valence-electron chi connectivity index (χ0n) is 14.1. The molecule has 1 aliphatic carbocycles. The van der Waals surface area contributed by atoms with Crippen molar-refractivity contribution in [3.05, 3.63) is 70.7 Å². The van der Waals surface area contributed by atoms with Gasteiger partial charge in [-0.25, -0.2) is 4.79 Å². The quantitative estimate of drug-likeness (QED) is 0.779. The summed E-state index contributed by atoms with van der Waals surface area (Å²) in [7, 11) is 0. The molecule has 1 unspecified atom stereocenters. The van der Waals surface area contributed by atoms with Crippen LogP contribution in [-0.4, -0.2) is 17.0 Å². The molecule has 0 spiro atoms. The molecule has 1 aromatic heterocycles. The molecule has 128 valence electrons. The van der Waals surface area contributed by atoms with Crippen LogP contribution < -0.4 is 11.1 Å². The minimum absolute atomic E-state index is 0.0417. The van der Waals surface area contributed by atoms with Crippen LogP contribution in [0.1, 0.15) is 31.4 Å². The molecule has 0 saturated heterocycles. The minimum atomic E-state index is -0.622. The Kier molecular flexibility index (Phi) is 3.71. The molecule has 1 fully saturated rings. The predicted octanol–water partition coefficient (Wildman–Crippen LogP) is 3.00. The maximum absolute atomic E-state index is 12.6. The molecule has 0 bridgehead atoms. The van der Waals surface area contributed by atoms with E-state index in [2.05, 4.69) is 17.4 Å². The van der Waals surface area contributed by atoms with Gasteiger partial charge in [0.05, 0.1) is 5.52 Å². The van der Waals surface area contributed by atoms with Crippen LogP contribution in [0.3, 0.4) is 0 Å². The topological polar surface area (TPSA) is 64.2 Å². The molecule has 2 aromatic carbocycles. The highest BCUT2D eigenvalue weighted by molar-refractivity contribution is 5.83. The summed E-state index contributed by atoms with van der Waals surface area (Å²) in [6.07, 6.45) is 2.14. The van der Waals surface area contributed by atoms with Crippen molar-refractivity contribution in [2.75, 3.05) is 6.54 Å². The molecule has 4 rings (SSSR count). The fourth-order valence-corrected chi connectivity index (χ4v) is 3.38. The highest BCUT2D eigenvalue weighted by Crippen LogP contribution is 2.47. The third-order valence-electron chi connectivity index (χ3n) is 5.13. The highest BCUT2D eigenvalue weighted by atomic mass is 16.4. The van der Waals surface area contributed by atoms with Gasteiger partial charge in [0.2, 0.25) is 5.91 Å². The number of nitrogens with one attached hydrogen (secondary N) is 1. The second-order valence-electron chi connectivity index (χ2n) is 6.75. The molecular formula is C20H20N2O3. The van der Waals surface area contributed by atoms with Crippen molar-refractivity contribution >= 4 is 17.0 Å². The summed E-state index contributed by atoms with van der Waals surface area (Å²) < 4.78 is 6.63. The van der Waals surface area contributed by atoms with Crippen LogP contribution >= 0.6 is 0 Å². The maximum Gasteiger partial charge on any atom is 0.420 e. The first kappa shape index (κ1) is 15.7. The van der Waals surface area contributed by atoms with E-state index in [0.717, 1.165) is 12.8 Å². The van der Waals surface area contributed by atoms with E-state index in [9.17, 15) is 9.59 Å². The molecule has 1 N–H and O–H groups in total. The molecular weight excluding hydrogens is 316 g/mol. The van der Waals surface area contributed by atoms with Gasteiger partial charge in [0, 0.05) is 12.0 Å². The zero-order chi connectivity index (χ0) is 17.4. The van der Waals surface area contributed by atoms with Gasteiger partial charge >= 0.3 is 5.76 Å². The highest BCUT2D eigenvalue weighted by Gasteiger charge is 2.44. The summed E-state index contributed by atoms with van der Waals surface area (Å²) in [4.78, 5) is 24.8. The predicted molar refractivity (Wildman–Crippen MR) is 95.5 cm³/mol. The van der Waals surface area contributed by atoms with E-state index in [0.29, 0.717) is 17.6 Å². The number of oxazole rings is 1. The summed E-state index contributed by atoms with van der Waals surface area (Å²) in [6, 6.07) is 16.8. The fraction of sp³-hybridized carbons (Fsp3) is 0.300. The Morgan fingerprint density at radius 1 is 1.16 bits per heavy atom. The molecule has 0 aliphatic heterocycles. The summed E-state index contributed by atoms with van der Waals surface area (Å²) in [6.45, 7) is 2.31. The van der Waals surface area contributed by atoms with Gasteiger partial charge in [-0.15, -0.1) is 0 Å². The van der Waals surface area contributed by atoms with Crippen LogP contribution in [-0.2, 0) is 10.2 Å². The maximum atomic E-state index is 12.6. The van der Waals surface area contributed by atoms with Crippen molar-refractivity contribution in [2.45, 2.75) is 31.2 Å². The van der Waals surface area contributed by atoms with Crippen LogP contribution in [0.25, 0.3) is 11.1 Å². The van der Waals surface area contributed by atoms with Crippen LogP contribution in [0, 0.1) is 0 Å². The van der Waals surface area contributed by atoms with E-state index < -0.39 is 11.8 Å². The lowest BCUT2D eigenvalue weighted by molar-refractivity contribution is -0.124. The fourth-order valence-electron chi connectivity index (χ4n) is 3.38. The van der Waals surface area contributed by atoms with E-state index in [-0.39, 0.29) is 11.3 Å². The van der Waals surface area contributed by atoms with Gasteiger partial charge in [0.1, 0.15) is 6.04 Å². The molecule has 5 heteroatoms. The normalized spacial score (nSPS) is 16.5. The summed E-state index contributed by atoms with van der Waals surface area (Å²) in [5.41, 5.74) is 2.43. The molecule has 1 saturated carbocycles. The van der Waals surface area contributed by atoms with Gasteiger partial charge in [-0.05, 0) is 37.5 Å². The second-order valence-corrected chi connectivity index (χ2v) is 6.75. The third-order valence-corrected chi connectivity index (χ3v) is 5.13. The van der Waals surface area contributed by atoms with Crippen molar-refractivity contribution in [2.24, 2.45) is 0 Å². The number of rotatable bonds is 5. The first-order valence-corrected chi connectivity index (χ1v) is 8.54. The molecule has 3 aromatic rings. The van der Waals surface area contributed by atoms with Crippen LogP contribution in [0.2, 0.25) is 0 Å². The summed E-state index contributed by atoms with van der Waals surface area (Å²) in [5, 5.41) is 3.02. The van der Waals surface area contributed by atoms with Crippen molar-refractivity contribution < 1.29 is 9.21 Å². The van der Waals surface area contributed by atoms with Crippen molar-refractivity contribution in [3.8, 4) is 0 Å². The largest absolute Gasteiger partial charge is 0.420 e. The van der Waals surface area contributed by atoms with Gasteiger partial charge in [0.15, 0.2) is 5.58 Å². The monoisotopic (exact) mass is 336 g/mol. The lowest BCUT2D eigenvalue weighted by atomic mass is 9.96. The number of hydrogen-bond donors (Lipinski definition) is 1. The number of carbonyl (C=O) groups is 1. The molecule has 25 heavy (non-hydrogen) atoms. The van der Waals surface area contributed by atoms with Crippen molar-refractivity contribution in [1.82, 2.24) is 9.88 Å². The van der Waals surface area contributed by atoms with E-state index in [1.54, 1.807) is 25.1 Å².